The van der Waals surface area contributed by atoms with Crippen LogP contribution in [-0.2, 0) is 13.1 Å². The van der Waals surface area contributed by atoms with Crippen molar-refractivity contribution in [3.05, 3.63) is 74.3 Å². The zero-order valence-corrected chi connectivity index (χ0v) is 17.8. The molecule has 0 saturated heterocycles. The molecular weight excluding hydrogens is 384 g/mol. The van der Waals surface area contributed by atoms with E-state index >= 15 is 0 Å². The number of hydrogen-bond donors (Lipinski definition) is 1. The molecule has 0 fully saturated rings. The van der Waals surface area contributed by atoms with E-state index in [1.54, 1.807) is 42.9 Å². The van der Waals surface area contributed by atoms with E-state index in [1.165, 1.54) is 0 Å². The van der Waals surface area contributed by atoms with Gasteiger partial charge in [-0.3, -0.25) is 24.3 Å². The molecule has 2 heterocycles. The van der Waals surface area contributed by atoms with Crippen molar-refractivity contribution in [1.82, 2.24) is 24.9 Å². The lowest BCUT2D eigenvalue weighted by Gasteiger charge is -2.14. The molecule has 1 amide bonds. The van der Waals surface area contributed by atoms with Crippen LogP contribution in [0.5, 0.6) is 0 Å². The van der Waals surface area contributed by atoms with Crippen LogP contribution in [-0.4, -0.2) is 30.4 Å². The highest BCUT2D eigenvalue weighted by molar-refractivity contribution is 5.94. The van der Waals surface area contributed by atoms with Gasteiger partial charge in [0.05, 0.1) is 23.7 Å². The molecule has 1 aromatic carbocycles. The molecule has 1 unspecified atom stereocenters. The minimum absolute atomic E-state index is 0.0284. The third-order valence-corrected chi connectivity index (χ3v) is 5.30. The highest BCUT2D eigenvalue weighted by atomic mass is 16.6. The van der Waals surface area contributed by atoms with Crippen LogP contribution >= 0.6 is 0 Å². The minimum atomic E-state index is -0.415. The molecule has 30 heavy (non-hydrogen) atoms. The van der Waals surface area contributed by atoms with Crippen molar-refractivity contribution in [1.29, 1.82) is 0 Å². The molecule has 0 radical (unpaired) electrons. The maximum absolute atomic E-state index is 12.8. The lowest BCUT2D eigenvalue weighted by Crippen LogP contribution is -2.27. The summed E-state index contributed by atoms with van der Waals surface area (Å²) in [6.45, 7) is 10.4. The molecule has 158 valence electrons. The van der Waals surface area contributed by atoms with Crippen LogP contribution in [0.2, 0.25) is 0 Å². The van der Waals surface area contributed by atoms with Gasteiger partial charge in [-0.05, 0) is 52.3 Å². The van der Waals surface area contributed by atoms with Gasteiger partial charge in [-0.1, -0.05) is 12.1 Å². The van der Waals surface area contributed by atoms with Crippen molar-refractivity contribution < 1.29 is 9.72 Å². The molecule has 3 aromatic rings. The number of aryl methyl sites for hydroxylation is 2. The van der Waals surface area contributed by atoms with Crippen LogP contribution in [0.1, 0.15) is 58.5 Å². The second kappa shape index (κ2) is 8.48. The zero-order valence-electron chi connectivity index (χ0n) is 17.8. The van der Waals surface area contributed by atoms with Crippen molar-refractivity contribution in [2.45, 2.75) is 53.8 Å². The number of aromatic nitrogens is 4. The molecule has 1 N–H and O–H groups in total. The fourth-order valence-corrected chi connectivity index (χ4v) is 3.65. The number of benzene rings is 1. The summed E-state index contributed by atoms with van der Waals surface area (Å²) in [7, 11) is 0. The number of nitrogens with zero attached hydrogens (tertiary/aromatic N) is 5. The van der Waals surface area contributed by atoms with E-state index in [-0.39, 0.29) is 17.6 Å². The normalized spacial score (nSPS) is 12.0. The Morgan fingerprint density at radius 3 is 2.57 bits per heavy atom. The third kappa shape index (κ3) is 4.10. The summed E-state index contributed by atoms with van der Waals surface area (Å²) in [6, 6.07) is 7.03. The van der Waals surface area contributed by atoms with Gasteiger partial charge in [0, 0.05) is 23.4 Å². The highest BCUT2D eigenvalue weighted by Gasteiger charge is 2.22. The van der Waals surface area contributed by atoms with Gasteiger partial charge in [0.1, 0.15) is 11.4 Å². The molecular formula is C21H26N6O3. The molecule has 0 saturated carbocycles. The van der Waals surface area contributed by atoms with Crippen LogP contribution in [0.4, 0.5) is 5.69 Å². The molecule has 0 aliphatic rings. The number of nitro groups is 1. The molecule has 9 heteroatoms. The second-order valence-electron chi connectivity index (χ2n) is 7.33. The number of nitrogens with one attached hydrogen (secondary N) is 1. The lowest BCUT2D eigenvalue weighted by atomic mass is 10.1. The van der Waals surface area contributed by atoms with Crippen LogP contribution in [0, 0.1) is 30.9 Å². The van der Waals surface area contributed by atoms with Crippen LogP contribution in [0.15, 0.2) is 30.5 Å². The van der Waals surface area contributed by atoms with Gasteiger partial charge in [-0.25, -0.2) is 0 Å². The Kier molecular flexibility index (Phi) is 6.00. The number of rotatable bonds is 7. The SMILES string of the molecule is CCn1ncc(C(C)NC(=O)c2cccc(Cn3nc(C)c([N+](=O)[O-])c3C)c2)c1C. The first-order valence-corrected chi connectivity index (χ1v) is 9.83. The van der Waals surface area contributed by atoms with Crippen molar-refractivity contribution in [2.24, 2.45) is 0 Å². The predicted octanol–water partition coefficient (Wildman–Crippen LogP) is 3.47. The maximum Gasteiger partial charge on any atom is 0.312 e. The van der Waals surface area contributed by atoms with Crippen LogP contribution < -0.4 is 5.32 Å². The molecule has 0 bridgehead atoms. The predicted molar refractivity (Wildman–Crippen MR) is 112 cm³/mol. The maximum atomic E-state index is 12.8. The van der Waals surface area contributed by atoms with Gasteiger partial charge in [-0.2, -0.15) is 10.2 Å². The third-order valence-electron chi connectivity index (χ3n) is 5.30. The Balaban J connectivity index is 1.76. The summed E-state index contributed by atoms with van der Waals surface area (Å²) in [4.78, 5) is 23.6. The van der Waals surface area contributed by atoms with E-state index in [2.05, 4.69) is 15.5 Å². The van der Waals surface area contributed by atoms with E-state index in [4.69, 9.17) is 0 Å². The molecule has 1 atom stereocenters. The number of amides is 1. The fourth-order valence-electron chi connectivity index (χ4n) is 3.65. The number of hydrogen-bond acceptors (Lipinski definition) is 5. The Labute approximate surface area is 174 Å². The Bertz CT molecular complexity index is 1100. The van der Waals surface area contributed by atoms with E-state index in [0.29, 0.717) is 23.5 Å². The summed E-state index contributed by atoms with van der Waals surface area (Å²) in [6.07, 6.45) is 1.79. The average Bonchev–Trinajstić information content (AvgIpc) is 3.20. The zero-order chi connectivity index (χ0) is 22.0. The van der Waals surface area contributed by atoms with Crippen LogP contribution in [0.3, 0.4) is 0 Å². The summed E-state index contributed by atoms with van der Waals surface area (Å²) < 4.78 is 3.49. The van der Waals surface area contributed by atoms with Crippen molar-refractivity contribution in [3.63, 3.8) is 0 Å². The Morgan fingerprint density at radius 2 is 1.97 bits per heavy atom. The summed E-state index contributed by atoms with van der Waals surface area (Å²) in [5.74, 6) is -0.188. The highest BCUT2D eigenvalue weighted by Crippen LogP contribution is 2.23. The summed E-state index contributed by atoms with van der Waals surface area (Å²) in [5.41, 5.74) is 4.27. The topological polar surface area (TPSA) is 108 Å². The van der Waals surface area contributed by atoms with Gasteiger partial charge in [0.25, 0.3) is 5.91 Å². The van der Waals surface area contributed by atoms with Crippen molar-refractivity contribution in [2.75, 3.05) is 0 Å². The van der Waals surface area contributed by atoms with E-state index in [0.717, 1.165) is 23.4 Å². The molecule has 0 aliphatic carbocycles. The van der Waals surface area contributed by atoms with E-state index in [9.17, 15) is 14.9 Å². The van der Waals surface area contributed by atoms with Gasteiger partial charge >= 0.3 is 5.69 Å². The van der Waals surface area contributed by atoms with Crippen molar-refractivity contribution in [3.8, 4) is 0 Å². The quantitative estimate of drug-likeness (QED) is 0.474. The largest absolute Gasteiger partial charge is 0.345 e. The fraction of sp³-hybridized carbons (Fsp3) is 0.381. The molecule has 0 aliphatic heterocycles. The van der Waals surface area contributed by atoms with Gasteiger partial charge < -0.3 is 5.32 Å². The Morgan fingerprint density at radius 1 is 1.23 bits per heavy atom. The molecule has 3 rings (SSSR count). The standard InChI is InChI=1S/C21H26N6O3/c1-6-25-15(4)19(11-22-25)13(2)23-21(28)18-9-7-8-17(10-18)12-26-16(5)20(27(29)30)14(3)24-26/h7-11,13H,6,12H2,1-5H3,(H,23,28). The number of carbonyl (C=O) groups excluding carboxylic acids is 1. The summed E-state index contributed by atoms with van der Waals surface area (Å²) >= 11 is 0. The Hall–Kier alpha value is -3.49. The smallest absolute Gasteiger partial charge is 0.312 e. The summed E-state index contributed by atoms with van der Waals surface area (Å²) in [5, 5.41) is 22.8. The first-order chi connectivity index (χ1) is 14.2. The molecule has 9 nitrogen and oxygen atoms in total. The van der Waals surface area contributed by atoms with Gasteiger partial charge in [0.2, 0.25) is 0 Å². The lowest BCUT2D eigenvalue weighted by molar-refractivity contribution is -0.386. The average molecular weight is 410 g/mol. The second-order valence-corrected chi connectivity index (χ2v) is 7.33. The van der Waals surface area contributed by atoms with E-state index < -0.39 is 4.92 Å². The molecule has 0 spiro atoms. The monoisotopic (exact) mass is 410 g/mol. The first kappa shape index (κ1) is 21.2. The van der Waals surface area contributed by atoms with Gasteiger partial charge in [-0.15, -0.1) is 0 Å². The first-order valence-electron chi connectivity index (χ1n) is 9.83. The number of carbonyl (C=O) groups is 1. The van der Waals surface area contributed by atoms with Crippen molar-refractivity contribution >= 4 is 11.6 Å². The molecule has 2 aromatic heterocycles. The minimum Gasteiger partial charge on any atom is -0.345 e. The van der Waals surface area contributed by atoms with Crippen LogP contribution in [0.25, 0.3) is 0 Å². The van der Waals surface area contributed by atoms with Gasteiger partial charge in [0.15, 0.2) is 0 Å². The van der Waals surface area contributed by atoms with E-state index in [1.807, 2.05) is 31.5 Å².